The highest BCUT2D eigenvalue weighted by atomic mass is 19.4. The maximum absolute atomic E-state index is 10.6. The summed E-state index contributed by atoms with van der Waals surface area (Å²) in [5, 5.41) is 31.6. The first-order valence-electron chi connectivity index (χ1n) is 10.8. The van der Waals surface area contributed by atoms with Crippen LogP contribution in [0.4, 0.5) is 39.5 Å². The van der Waals surface area contributed by atoms with Gasteiger partial charge in [0.25, 0.3) is 0 Å². The molecule has 0 radical (unpaired) electrons. The molecule has 2 aromatic heterocycles. The first-order valence-corrected chi connectivity index (χ1v) is 10.8. The van der Waals surface area contributed by atoms with Crippen LogP contribution >= 0.6 is 0 Å². The normalized spacial score (nSPS) is 17.0. The Morgan fingerprint density at radius 2 is 1.02 bits per heavy atom. The molecule has 2 aromatic rings. The lowest BCUT2D eigenvalue weighted by Crippen LogP contribution is -2.36. The number of aromatic nitrogens is 2. The van der Waals surface area contributed by atoms with Crippen LogP contribution in [0.2, 0.25) is 0 Å². The monoisotopic (exact) mass is 611 g/mol. The summed E-state index contributed by atoms with van der Waals surface area (Å²) in [7, 11) is 0. The number of rotatable bonds is 4. The zero-order chi connectivity index (χ0) is 32.0. The Morgan fingerprint density at radius 3 is 1.34 bits per heavy atom. The van der Waals surface area contributed by atoms with Crippen LogP contribution < -0.4 is 0 Å². The minimum Gasteiger partial charge on any atom is -0.475 e. The summed E-state index contributed by atoms with van der Waals surface area (Å²) in [5.74, 6) is -8.27. The molecule has 1 aliphatic heterocycles. The van der Waals surface area contributed by atoms with Crippen molar-refractivity contribution in [2.45, 2.75) is 50.1 Å². The van der Waals surface area contributed by atoms with E-state index in [1.165, 1.54) is 11.1 Å². The van der Waals surface area contributed by atoms with Crippen molar-refractivity contribution in [3.8, 4) is 0 Å². The van der Waals surface area contributed by atoms with Gasteiger partial charge in [-0.25, -0.2) is 14.4 Å². The molecule has 10 nitrogen and oxygen atoms in total. The summed E-state index contributed by atoms with van der Waals surface area (Å²) in [4.78, 5) is 37.1. The van der Waals surface area contributed by atoms with Gasteiger partial charge in [-0.15, -0.1) is 0 Å². The van der Waals surface area contributed by atoms with Gasteiger partial charge < -0.3 is 20.4 Å². The maximum Gasteiger partial charge on any atom is 0.490 e. The van der Waals surface area contributed by atoms with E-state index < -0.39 is 36.4 Å². The van der Waals surface area contributed by atoms with Crippen LogP contribution in [0.5, 0.6) is 0 Å². The van der Waals surface area contributed by atoms with Crippen LogP contribution in [0.1, 0.15) is 17.5 Å². The standard InChI is InChI=1S/C16H19N3O.3C2HF3O2/c20-16-5-10-19(12-14-3-8-18-9-4-14)15(16)11-13-1-6-17-7-2-13;3*3-2(4,5)1(6)7/h1-4,6-9,15-16,20H,5,10-12H2;3*(H,6,7)/t15-,16-;;;/m0.../s1. The Bertz CT molecular complexity index is 1030. The van der Waals surface area contributed by atoms with E-state index in [9.17, 15) is 44.6 Å². The summed E-state index contributed by atoms with van der Waals surface area (Å²) in [5.41, 5.74) is 2.47. The van der Waals surface area contributed by atoms with Crippen LogP contribution in [0, 0.1) is 0 Å². The van der Waals surface area contributed by atoms with Crippen molar-refractivity contribution in [3.05, 3.63) is 60.2 Å². The van der Waals surface area contributed by atoms with Crippen LogP contribution in [0.3, 0.4) is 0 Å². The number of hydrogen-bond acceptors (Lipinski definition) is 7. The van der Waals surface area contributed by atoms with Crippen LogP contribution in [-0.2, 0) is 27.3 Å². The fourth-order valence-corrected chi connectivity index (χ4v) is 2.84. The molecule has 0 saturated carbocycles. The number of hydrogen-bond donors (Lipinski definition) is 4. The number of pyridine rings is 2. The van der Waals surface area contributed by atoms with Crippen LogP contribution in [0.25, 0.3) is 0 Å². The van der Waals surface area contributed by atoms with Gasteiger partial charge in [0.05, 0.1) is 6.10 Å². The summed E-state index contributed by atoms with van der Waals surface area (Å²) < 4.78 is 95.2. The summed E-state index contributed by atoms with van der Waals surface area (Å²) >= 11 is 0. The minimum absolute atomic E-state index is 0.186. The second kappa shape index (κ2) is 16.3. The average molecular weight is 611 g/mol. The smallest absolute Gasteiger partial charge is 0.475 e. The molecule has 19 heteroatoms. The minimum atomic E-state index is -5.08. The SMILES string of the molecule is O=C(O)C(F)(F)F.O=C(O)C(F)(F)F.O=C(O)C(F)(F)F.O[C@H]1CCN(Cc2ccncc2)[C@H]1Cc1ccncc1. The van der Waals surface area contributed by atoms with E-state index in [1.807, 2.05) is 49.1 Å². The Morgan fingerprint density at radius 1 is 0.707 bits per heavy atom. The highest BCUT2D eigenvalue weighted by Crippen LogP contribution is 2.23. The third-order valence-electron chi connectivity index (χ3n) is 4.68. The molecular weight excluding hydrogens is 589 g/mol. The van der Waals surface area contributed by atoms with E-state index in [-0.39, 0.29) is 12.1 Å². The molecule has 0 aliphatic carbocycles. The van der Waals surface area contributed by atoms with Gasteiger partial charge in [-0.3, -0.25) is 14.9 Å². The zero-order valence-electron chi connectivity index (χ0n) is 20.4. The molecule has 41 heavy (non-hydrogen) atoms. The molecule has 2 atom stereocenters. The number of aliphatic carboxylic acids is 3. The number of alkyl halides is 9. The number of halogens is 9. The number of nitrogens with zero attached hydrogens (tertiary/aromatic N) is 3. The van der Waals surface area contributed by atoms with Gasteiger partial charge in [0.15, 0.2) is 0 Å². The lowest BCUT2D eigenvalue weighted by atomic mass is 10.0. The Balaban J connectivity index is 0.000000631. The van der Waals surface area contributed by atoms with Crippen LogP contribution in [-0.4, -0.2) is 90.4 Å². The number of aliphatic hydroxyl groups is 1. The van der Waals surface area contributed by atoms with Gasteiger partial charge in [-0.2, -0.15) is 39.5 Å². The molecule has 1 saturated heterocycles. The van der Waals surface area contributed by atoms with Gasteiger partial charge in [0, 0.05) is 43.9 Å². The highest BCUT2D eigenvalue weighted by Gasteiger charge is 2.39. The second-order valence-electron chi connectivity index (χ2n) is 7.72. The van der Waals surface area contributed by atoms with E-state index in [2.05, 4.69) is 14.9 Å². The van der Waals surface area contributed by atoms with Crippen molar-refractivity contribution in [3.63, 3.8) is 0 Å². The highest BCUT2D eigenvalue weighted by molar-refractivity contribution is 5.73. The fourth-order valence-electron chi connectivity index (χ4n) is 2.84. The van der Waals surface area contributed by atoms with Crippen molar-refractivity contribution < 1.29 is 74.3 Å². The number of carbonyl (C=O) groups is 3. The molecule has 4 N–H and O–H groups in total. The quantitative estimate of drug-likeness (QED) is 0.377. The topological polar surface area (TPSA) is 161 Å². The molecule has 0 spiro atoms. The van der Waals surface area contributed by atoms with Gasteiger partial charge in [0.1, 0.15) is 0 Å². The van der Waals surface area contributed by atoms with Crippen molar-refractivity contribution in [1.82, 2.24) is 14.9 Å². The molecule has 1 aliphatic rings. The van der Waals surface area contributed by atoms with E-state index >= 15 is 0 Å². The van der Waals surface area contributed by atoms with Crippen molar-refractivity contribution in [2.75, 3.05) is 6.54 Å². The molecule has 0 unspecified atom stereocenters. The predicted octanol–water partition coefficient (Wildman–Crippen LogP) is 3.55. The third-order valence-corrected chi connectivity index (χ3v) is 4.68. The largest absolute Gasteiger partial charge is 0.490 e. The summed E-state index contributed by atoms with van der Waals surface area (Å²) in [6, 6.07) is 8.30. The molecule has 0 aromatic carbocycles. The molecule has 0 bridgehead atoms. The molecule has 230 valence electrons. The average Bonchev–Trinajstić information content (AvgIpc) is 3.18. The number of likely N-dealkylation sites (tertiary alicyclic amines) is 1. The van der Waals surface area contributed by atoms with E-state index in [0.717, 1.165) is 25.9 Å². The van der Waals surface area contributed by atoms with E-state index in [4.69, 9.17) is 29.7 Å². The van der Waals surface area contributed by atoms with E-state index in [1.54, 1.807) is 0 Å². The van der Waals surface area contributed by atoms with Crippen LogP contribution in [0.15, 0.2) is 49.1 Å². The van der Waals surface area contributed by atoms with Gasteiger partial charge in [0.2, 0.25) is 0 Å². The molecule has 0 amide bonds. The Hall–Kier alpha value is -4.00. The fraction of sp³-hybridized carbons (Fsp3) is 0.409. The first-order chi connectivity index (χ1) is 18.7. The van der Waals surface area contributed by atoms with Crippen molar-refractivity contribution >= 4 is 17.9 Å². The first kappa shape index (κ1) is 37.0. The molecule has 1 fully saturated rings. The Labute approximate surface area is 224 Å². The van der Waals surface area contributed by atoms with Crippen molar-refractivity contribution in [2.24, 2.45) is 0 Å². The number of aliphatic hydroxyl groups excluding tert-OH is 1. The van der Waals surface area contributed by atoms with Crippen molar-refractivity contribution in [1.29, 1.82) is 0 Å². The second-order valence-corrected chi connectivity index (χ2v) is 7.72. The molecular formula is C22H22F9N3O7. The van der Waals surface area contributed by atoms with E-state index in [0.29, 0.717) is 0 Å². The Kier molecular flexibility index (Phi) is 14.7. The lowest BCUT2D eigenvalue weighted by Gasteiger charge is -2.26. The van der Waals surface area contributed by atoms with Gasteiger partial charge >= 0.3 is 36.4 Å². The maximum atomic E-state index is 10.6. The van der Waals surface area contributed by atoms with Gasteiger partial charge in [-0.05, 0) is 48.2 Å². The summed E-state index contributed by atoms with van der Waals surface area (Å²) in [6.45, 7) is 1.81. The number of carboxylic acid groups (broad SMARTS) is 3. The zero-order valence-corrected chi connectivity index (χ0v) is 20.4. The molecule has 3 rings (SSSR count). The molecule has 3 heterocycles. The predicted molar refractivity (Wildman–Crippen MR) is 118 cm³/mol. The third kappa shape index (κ3) is 16.0. The number of carboxylic acids is 3. The summed E-state index contributed by atoms with van der Waals surface area (Å²) in [6.07, 6.45) is -6.52. The lowest BCUT2D eigenvalue weighted by molar-refractivity contribution is -0.193. The van der Waals surface area contributed by atoms with Gasteiger partial charge in [-0.1, -0.05) is 0 Å².